The van der Waals surface area contributed by atoms with E-state index < -0.39 is 5.91 Å². The second kappa shape index (κ2) is 7.54. The van der Waals surface area contributed by atoms with Crippen molar-refractivity contribution in [3.63, 3.8) is 0 Å². The Kier molecular flexibility index (Phi) is 5.73. The zero-order valence-corrected chi connectivity index (χ0v) is 12.6. The van der Waals surface area contributed by atoms with Gasteiger partial charge in [-0.15, -0.1) is 0 Å². The van der Waals surface area contributed by atoms with E-state index in [0.717, 1.165) is 25.9 Å². The Bertz CT molecular complexity index is 496. The van der Waals surface area contributed by atoms with E-state index in [2.05, 4.69) is 10.2 Å². The van der Waals surface area contributed by atoms with Crippen molar-refractivity contribution in [1.29, 1.82) is 0 Å². The van der Waals surface area contributed by atoms with Crippen molar-refractivity contribution in [2.24, 2.45) is 11.7 Å². The molecule has 2 rings (SSSR count). The molecule has 1 heterocycles. The Morgan fingerprint density at radius 3 is 2.43 bits per heavy atom. The molecule has 1 aliphatic heterocycles. The fourth-order valence-corrected chi connectivity index (χ4v) is 2.55. The molecule has 0 radical (unpaired) electrons. The largest absolute Gasteiger partial charge is 0.330 e. The SMILES string of the molecule is NCC1CCN(CC(=O)NC(=O)c2ccc(Cl)cc2)CC1. The van der Waals surface area contributed by atoms with Crippen molar-refractivity contribution in [3.05, 3.63) is 34.9 Å². The number of imide groups is 1. The molecular weight excluding hydrogens is 290 g/mol. The first kappa shape index (κ1) is 15.9. The number of rotatable bonds is 4. The molecule has 1 fully saturated rings. The van der Waals surface area contributed by atoms with Crippen molar-refractivity contribution in [1.82, 2.24) is 10.2 Å². The van der Waals surface area contributed by atoms with Crippen LogP contribution in [0.2, 0.25) is 5.02 Å². The van der Waals surface area contributed by atoms with Crippen molar-refractivity contribution >= 4 is 23.4 Å². The van der Waals surface area contributed by atoms with Crippen molar-refractivity contribution < 1.29 is 9.59 Å². The van der Waals surface area contributed by atoms with E-state index in [9.17, 15) is 9.59 Å². The zero-order valence-electron chi connectivity index (χ0n) is 11.8. The van der Waals surface area contributed by atoms with E-state index in [-0.39, 0.29) is 12.5 Å². The Hall–Kier alpha value is -1.43. The summed E-state index contributed by atoms with van der Waals surface area (Å²) in [6, 6.07) is 6.44. The second-order valence-electron chi connectivity index (χ2n) is 5.34. The monoisotopic (exact) mass is 309 g/mol. The molecule has 5 nitrogen and oxygen atoms in total. The summed E-state index contributed by atoms with van der Waals surface area (Å²) in [4.78, 5) is 25.8. The van der Waals surface area contributed by atoms with Crippen molar-refractivity contribution in [2.75, 3.05) is 26.2 Å². The van der Waals surface area contributed by atoms with E-state index in [1.54, 1.807) is 24.3 Å². The van der Waals surface area contributed by atoms with Crippen LogP contribution in [0.15, 0.2) is 24.3 Å². The van der Waals surface area contributed by atoms with Crippen LogP contribution in [0, 0.1) is 5.92 Å². The van der Waals surface area contributed by atoms with Crippen LogP contribution in [0.3, 0.4) is 0 Å². The average Bonchev–Trinajstić information content (AvgIpc) is 2.48. The number of hydrogen-bond donors (Lipinski definition) is 2. The van der Waals surface area contributed by atoms with Crippen LogP contribution >= 0.6 is 11.6 Å². The summed E-state index contributed by atoms with van der Waals surface area (Å²) < 4.78 is 0. The maximum atomic E-state index is 11.9. The maximum Gasteiger partial charge on any atom is 0.257 e. The number of nitrogens with one attached hydrogen (secondary N) is 1. The first-order valence-corrected chi connectivity index (χ1v) is 7.48. The van der Waals surface area contributed by atoms with E-state index >= 15 is 0 Å². The molecule has 1 aliphatic rings. The van der Waals surface area contributed by atoms with Crippen molar-refractivity contribution in [2.45, 2.75) is 12.8 Å². The van der Waals surface area contributed by atoms with Gasteiger partial charge in [0.05, 0.1) is 6.54 Å². The average molecular weight is 310 g/mol. The highest BCUT2D eigenvalue weighted by atomic mass is 35.5. The minimum Gasteiger partial charge on any atom is -0.330 e. The standard InChI is InChI=1S/C15H20ClN3O2/c16-13-3-1-12(2-4-13)15(21)18-14(20)10-19-7-5-11(9-17)6-8-19/h1-4,11H,5-10,17H2,(H,18,20,21). The lowest BCUT2D eigenvalue weighted by atomic mass is 9.97. The Morgan fingerprint density at radius 2 is 1.86 bits per heavy atom. The molecule has 6 heteroatoms. The summed E-state index contributed by atoms with van der Waals surface area (Å²) >= 11 is 5.76. The summed E-state index contributed by atoms with van der Waals surface area (Å²) in [6.45, 7) is 2.65. The number of likely N-dealkylation sites (tertiary alicyclic amines) is 1. The van der Waals surface area contributed by atoms with Crippen molar-refractivity contribution in [3.8, 4) is 0 Å². The third-order valence-electron chi connectivity index (χ3n) is 3.77. The highest BCUT2D eigenvalue weighted by Crippen LogP contribution is 2.15. The second-order valence-corrected chi connectivity index (χ2v) is 5.78. The number of halogens is 1. The molecular formula is C15H20ClN3O2. The lowest BCUT2D eigenvalue weighted by Crippen LogP contribution is -2.44. The molecule has 0 aromatic heterocycles. The van der Waals surface area contributed by atoms with Gasteiger partial charge in [0.2, 0.25) is 5.91 Å². The molecule has 21 heavy (non-hydrogen) atoms. The predicted molar refractivity (Wildman–Crippen MR) is 82.1 cm³/mol. The number of benzene rings is 1. The maximum absolute atomic E-state index is 11.9. The number of amides is 2. The van der Waals surface area contributed by atoms with Gasteiger partial charge in [-0.1, -0.05) is 11.6 Å². The summed E-state index contributed by atoms with van der Waals surface area (Å²) in [5.41, 5.74) is 6.06. The molecule has 1 aromatic carbocycles. The summed E-state index contributed by atoms with van der Waals surface area (Å²) in [6.07, 6.45) is 2.02. The number of hydrogen-bond acceptors (Lipinski definition) is 4. The molecule has 114 valence electrons. The van der Waals surface area contributed by atoms with Gasteiger partial charge in [-0.05, 0) is 62.7 Å². The van der Waals surface area contributed by atoms with Crippen LogP contribution < -0.4 is 11.1 Å². The third-order valence-corrected chi connectivity index (χ3v) is 4.02. The molecule has 2 amide bonds. The van der Waals surface area contributed by atoms with E-state index in [4.69, 9.17) is 17.3 Å². The minimum atomic E-state index is -0.395. The lowest BCUT2D eigenvalue weighted by Gasteiger charge is -2.30. The Balaban J connectivity index is 1.79. The molecule has 0 atom stereocenters. The smallest absolute Gasteiger partial charge is 0.257 e. The van der Waals surface area contributed by atoms with E-state index in [1.165, 1.54) is 0 Å². The first-order chi connectivity index (χ1) is 10.1. The van der Waals surface area contributed by atoms with Gasteiger partial charge in [0, 0.05) is 10.6 Å². The molecule has 0 bridgehead atoms. The van der Waals surface area contributed by atoms with Gasteiger partial charge < -0.3 is 5.73 Å². The quantitative estimate of drug-likeness (QED) is 0.878. The van der Waals surface area contributed by atoms with Gasteiger partial charge in [-0.2, -0.15) is 0 Å². The number of nitrogens with two attached hydrogens (primary N) is 1. The first-order valence-electron chi connectivity index (χ1n) is 7.10. The number of carbonyl (C=O) groups is 2. The van der Waals surface area contributed by atoms with Crippen LogP contribution in [0.4, 0.5) is 0 Å². The summed E-state index contributed by atoms with van der Waals surface area (Å²) in [5, 5.41) is 2.96. The molecule has 0 saturated carbocycles. The third kappa shape index (κ3) is 4.81. The predicted octanol–water partition coefficient (Wildman–Crippen LogP) is 1.27. The number of carbonyl (C=O) groups excluding carboxylic acids is 2. The van der Waals surface area contributed by atoms with Crippen LogP contribution in [0.5, 0.6) is 0 Å². The molecule has 0 spiro atoms. The number of nitrogens with zero attached hydrogens (tertiary/aromatic N) is 1. The molecule has 3 N–H and O–H groups in total. The molecule has 1 saturated heterocycles. The van der Waals surface area contributed by atoms with Gasteiger partial charge in [-0.25, -0.2) is 0 Å². The van der Waals surface area contributed by atoms with Gasteiger partial charge in [0.25, 0.3) is 5.91 Å². The van der Waals surface area contributed by atoms with Crippen LogP contribution in [-0.4, -0.2) is 42.9 Å². The number of piperidine rings is 1. The van der Waals surface area contributed by atoms with Gasteiger partial charge in [-0.3, -0.25) is 19.8 Å². The zero-order chi connectivity index (χ0) is 15.2. The topological polar surface area (TPSA) is 75.4 Å². The minimum absolute atomic E-state index is 0.247. The van der Waals surface area contributed by atoms with E-state index in [1.807, 2.05) is 0 Å². The summed E-state index contributed by atoms with van der Waals surface area (Å²) in [7, 11) is 0. The molecule has 0 unspecified atom stereocenters. The van der Waals surface area contributed by atoms with Crippen LogP contribution in [-0.2, 0) is 4.79 Å². The fourth-order valence-electron chi connectivity index (χ4n) is 2.42. The normalized spacial score (nSPS) is 16.7. The van der Waals surface area contributed by atoms with E-state index in [0.29, 0.717) is 23.0 Å². The Morgan fingerprint density at radius 1 is 1.24 bits per heavy atom. The molecule has 1 aromatic rings. The van der Waals surface area contributed by atoms with Gasteiger partial charge >= 0.3 is 0 Å². The van der Waals surface area contributed by atoms with Gasteiger partial charge in [0.1, 0.15) is 0 Å². The molecule has 0 aliphatic carbocycles. The lowest BCUT2D eigenvalue weighted by molar-refractivity contribution is -0.121. The van der Waals surface area contributed by atoms with Crippen LogP contribution in [0.25, 0.3) is 0 Å². The Labute approximate surface area is 129 Å². The fraction of sp³-hybridized carbons (Fsp3) is 0.467. The highest BCUT2D eigenvalue weighted by Gasteiger charge is 2.20. The van der Waals surface area contributed by atoms with Gasteiger partial charge in [0.15, 0.2) is 0 Å². The summed E-state index contributed by atoms with van der Waals surface area (Å²) in [5.74, 6) is -0.116. The van der Waals surface area contributed by atoms with Crippen LogP contribution in [0.1, 0.15) is 23.2 Å². The highest BCUT2D eigenvalue weighted by molar-refractivity contribution is 6.30.